The summed E-state index contributed by atoms with van der Waals surface area (Å²) < 4.78 is 5.55. The van der Waals surface area contributed by atoms with Gasteiger partial charge in [0.1, 0.15) is 5.75 Å². The van der Waals surface area contributed by atoms with E-state index >= 15 is 0 Å². The van der Waals surface area contributed by atoms with Crippen molar-refractivity contribution in [3.05, 3.63) is 124 Å². The molecule has 9 rings (SSSR count). The zero-order valence-corrected chi connectivity index (χ0v) is 25.8. The second-order valence-corrected chi connectivity index (χ2v) is 12.3. The van der Waals surface area contributed by atoms with Crippen LogP contribution in [0.5, 0.6) is 5.75 Å². The number of rotatable bonds is 4. The van der Waals surface area contributed by atoms with E-state index in [4.69, 9.17) is 4.74 Å². The van der Waals surface area contributed by atoms with Crippen LogP contribution >= 0.6 is 0 Å². The van der Waals surface area contributed by atoms with Crippen molar-refractivity contribution in [3.8, 4) is 5.75 Å². The number of ether oxygens (including phenoxy) is 1. The number of aryl methyl sites for hydroxylation is 2. The number of carbonyl (C=O) groups excluding carboxylic acids is 4. The Hall–Kier alpha value is -6.08. The van der Waals surface area contributed by atoms with Gasteiger partial charge in [-0.2, -0.15) is 0 Å². The second-order valence-electron chi connectivity index (χ2n) is 12.3. The van der Waals surface area contributed by atoms with Crippen LogP contribution in [0.2, 0.25) is 0 Å². The van der Waals surface area contributed by atoms with Crippen molar-refractivity contribution in [1.82, 2.24) is 0 Å². The minimum absolute atomic E-state index is 0.363. The largest absolute Gasteiger partial charge is 0.494 e. The van der Waals surface area contributed by atoms with Gasteiger partial charge in [-0.3, -0.25) is 19.2 Å². The van der Waals surface area contributed by atoms with Gasteiger partial charge in [-0.1, -0.05) is 30.3 Å². The highest BCUT2D eigenvalue weighted by Gasteiger charge is 2.38. The summed E-state index contributed by atoms with van der Waals surface area (Å²) in [5.74, 6) is -0.856. The predicted molar refractivity (Wildman–Crippen MR) is 183 cm³/mol. The first-order valence-electron chi connectivity index (χ1n) is 15.6. The first-order chi connectivity index (χ1) is 22.8. The first-order valence-corrected chi connectivity index (χ1v) is 15.6. The lowest BCUT2D eigenvalue weighted by Gasteiger charge is -2.30. The van der Waals surface area contributed by atoms with E-state index in [2.05, 4.69) is 0 Å². The number of hydrogen-bond donors (Lipinski definition) is 0. The van der Waals surface area contributed by atoms with Crippen LogP contribution in [0.4, 0.5) is 11.4 Å². The van der Waals surface area contributed by atoms with E-state index in [-0.39, 0.29) is 11.8 Å². The lowest BCUT2D eigenvalue weighted by Crippen LogP contribution is -2.40. The molecule has 0 fully saturated rings. The first kappa shape index (κ1) is 27.2. The SMILES string of the molecule is CCOc1ccc(N2C(=O)c3ccc4c5ccc6c7c(ccc(c8ccc(c3c48)C2=O)c75)C(=O)N(c2cc(C)cc(C)c2)C6=O)cc1. The van der Waals surface area contributed by atoms with Crippen LogP contribution in [0.15, 0.2) is 91.0 Å². The summed E-state index contributed by atoms with van der Waals surface area (Å²) in [5, 5.41) is 6.29. The molecular weight excluding hydrogens is 588 g/mol. The van der Waals surface area contributed by atoms with Gasteiger partial charge in [0.25, 0.3) is 23.6 Å². The Kier molecular flexibility index (Phi) is 5.49. The topological polar surface area (TPSA) is 84.0 Å². The Labute approximate surface area is 268 Å². The smallest absolute Gasteiger partial charge is 0.265 e. The van der Waals surface area contributed by atoms with Gasteiger partial charge < -0.3 is 4.74 Å². The zero-order chi connectivity index (χ0) is 32.3. The maximum atomic E-state index is 14.0. The fourth-order valence-electron chi connectivity index (χ4n) is 7.67. The van der Waals surface area contributed by atoms with Crippen LogP contribution < -0.4 is 14.5 Å². The highest BCUT2D eigenvalue weighted by Crippen LogP contribution is 2.47. The second kappa shape index (κ2) is 9.47. The Morgan fingerprint density at radius 3 is 1.23 bits per heavy atom. The molecule has 47 heavy (non-hydrogen) atoms. The molecule has 0 radical (unpaired) electrons. The van der Waals surface area contributed by atoms with Crippen molar-refractivity contribution < 1.29 is 23.9 Å². The summed E-state index contributed by atoms with van der Waals surface area (Å²) >= 11 is 0. The molecule has 0 saturated carbocycles. The van der Waals surface area contributed by atoms with Gasteiger partial charge in [-0.25, -0.2) is 9.80 Å². The van der Waals surface area contributed by atoms with Crippen molar-refractivity contribution in [2.75, 3.05) is 16.4 Å². The summed E-state index contributed by atoms with van der Waals surface area (Å²) in [4.78, 5) is 58.5. The Balaban J connectivity index is 1.26. The molecule has 0 atom stereocenters. The minimum Gasteiger partial charge on any atom is -0.494 e. The molecule has 0 aromatic heterocycles. The van der Waals surface area contributed by atoms with Gasteiger partial charge in [0.05, 0.1) is 18.0 Å². The lowest BCUT2D eigenvalue weighted by atomic mass is 9.82. The minimum atomic E-state index is -0.394. The van der Waals surface area contributed by atoms with Gasteiger partial charge in [0, 0.05) is 33.0 Å². The average Bonchev–Trinajstić information content (AvgIpc) is 3.06. The van der Waals surface area contributed by atoms with Crippen LogP contribution in [0, 0.1) is 13.8 Å². The monoisotopic (exact) mass is 614 g/mol. The molecular formula is C40H26N2O5. The quantitative estimate of drug-likeness (QED) is 0.113. The fourth-order valence-corrected chi connectivity index (χ4v) is 7.67. The summed E-state index contributed by atoms with van der Waals surface area (Å²) in [6.45, 7) is 6.30. The molecule has 4 amide bonds. The molecule has 0 unspecified atom stereocenters. The lowest BCUT2D eigenvalue weighted by molar-refractivity contribution is 0.0877. The predicted octanol–water partition coefficient (Wildman–Crippen LogP) is 8.35. The van der Waals surface area contributed by atoms with E-state index in [1.807, 2.05) is 63.2 Å². The summed E-state index contributed by atoms with van der Waals surface area (Å²) in [7, 11) is 0. The van der Waals surface area contributed by atoms with E-state index in [0.717, 1.165) is 43.4 Å². The number of benzene rings is 7. The van der Waals surface area contributed by atoms with Crippen molar-refractivity contribution >= 4 is 78.1 Å². The Morgan fingerprint density at radius 1 is 0.468 bits per heavy atom. The van der Waals surface area contributed by atoms with Gasteiger partial charge >= 0.3 is 0 Å². The van der Waals surface area contributed by atoms with E-state index in [9.17, 15) is 19.2 Å². The third-order valence-electron chi connectivity index (χ3n) is 9.51. The summed E-state index contributed by atoms with van der Waals surface area (Å²) in [6, 6.07) is 27.5. The van der Waals surface area contributed by atoms with Gasteiger partial charge in [0.15, 0.2) is 0 Å². The van der Waals surface area contributed by atoms with Crippen LogP contribution in [0.3, 0.4) is 0 Å². The van der Waals surface area contributed by atoms with E-state index in [1.54, 1.807) is 48.5 Å². The van der Waals surface area contributed by atoms with Crippen LogP contribution in [0.1, 0.15) is 59.5 Å². The molecule has 226 valence electrons. The Morgan fingerprint density at radius 2 is 0.851 bits per heavy atom. The zero-order valence-electron chi connectivity index (χ0n) is 25.8. The maximum Gasteiger partial charge on any atom is 0.265 e. The molecule has 0 bridgehead atoms. The Bertz CT molecular complexity index is 2440. The van der Waals surface area contributed by atoms with E-state index < -0.39 is 11.8 Å². The fraction of sp³-hybridized carbons (Fsp3) is 0.100. The van der Waals surface area contributed by atoms with E-state index in [1.165, 1.54) is 9.80 Å². The molecule has 7 aromatic rings. The number of nitrogens with zero attached hydrogens (tertiary/aromatic N) is 2. The molecule has 2 heterocycles. The highest BCUT2D eigenvalue weighted by molar-refractivity contribution is 6.45. The van der Waals surface area contributed by atoms with Crippen LogP contribution in [-0.2, 0) is 0 Å². The summed E-state index contributed by atoms with van der Waals surface area (Å²) in [5.41, 5.74) is 4.76. The molecule has 0 N–H and O–H groups in total. The molecule has 0 spiro atoms. The van der Waals surface area contributed by atoms with Gasteiger partial charge in [-0.05, 0) is 125 Å². The van der Waals surface area contributed by atoms with Gasteiger partial charge in [0.2, 0.25) is 0 Å². The third-order valence-corrected chi connectivity index (χ3v) is 9.51. The summed E-state index contributed by atoms with van der Waals surface area (Å²) in [6.07, 6.45) is 0. The number of hydrogen-bond acceptors (Lipinski definition) is 5. The number of fused-ring (bicyclic) bond motifs is 2. The highest BCUT2D eigenvalue weighted by atomic mass is 16.5. The molecule has 0 saturated heterocycles. The average molecular weight is 615 g/mol. The van der Waals surface area contributed by atoms with Crippen LogP contribution in [-0.4, -0.2) is 30.2 Å². The number of carbonyl (C=O) groups is 4. The molecule has 2 aliphatic heterocycles. The molecule has 7 aromatic carbocycles. The van der Waals surface area contributed by atoms with E-state index in [0.29, 0.717) is 56.8 Å². The number of imide groups is 2. The standard InChI is InChI=1S/C40H26N2O5/c1-4-47-24-7-5-22(6-8-24)41-37(43)29-13-9-25-27-11-15-31-36-32(40(46)42(39(31)45)23-18-20(2)17-21(3)19-23)16-12-28(34(27)36)26-10-14-30(38(41)44)35(29)33(25)26/h5-19H,4H2,1-3H3. The van der Waals surface area contributed by atoms with Crippen LogP contribution in [0.25, 0.3) is 43.1 Å². The molecule has 2 aliphatic rings. The third kappa shape index (κ3) is 3.56. The van der Waals surface area contributed by atoms with Crippen molar-refractivity contribution in [1.29, 1.82) is 0 Å². The van der Waals surface area contributed by atoms with Crippen molar-refractivity contribution in [2.24, 2.45) is 0 Å². The molecule has 0 aliphatic carbocycles. The number of amides is 4. The van der Waals surface area contributed by atoms with Crippen molar-refractivity contribution in [3.63, 3.8) is 0 Å². The molecule has 7 heteroatoms. The maximum absolute atomic E-state index is 14.0. The van der Waals surface area contributed by atoms with Gasteiger partial charge in [-0.15, -0.1) is 0 Å². The number of anilines is 2. The normalized spacial score (nSPS) is 14.4. The molecule has 7 nitrogen and oxygen atoms in total. The van der Waals surface area contributed by atoms with Crippen molar-refractivity contribution in [2.45, 2.75) is 20.8 Å².